The van der Waals surface area contributed by atoms with Gasteiger partial charge in [-0.15, -0.1) is 0 Å². The summed E-state index contributed by atoms with van der Waals surface area (Å²) in [6, 6.07) is 10.6. The molecule has 1 unspecified atom stereocenters. The molecule has 1 aliphatic carbocycles. The smallest absolute Gasteiger partial charge is 0.223 e. The van der Waals surface area contributed by atoms with Crippen molar-refractivity contribution in [3.8, 4) is 0 Å². The van der Waals surface area contributed by atoms with Gasteiger partial charge in [0.1, 0.15) is 0 Å². The summed E-state index contributed by atoms with van der Waals surface area (Å²) in [4.78, 5) is 17.0. The highest BCUT2D eigenvalue weighted by Gasteiger charge is 2.33. The standard InChI is InChI=1S/C20H31N3O2/c1-17(21-19(24)15-20(25)9-5-6-10-20)16-22-11-13-23(14-12-22)18-7-3-2-4-8-18/h2-4,7-8,17,25H,5-6,9-16H2,1H3,(H,21,24). The monoisotopic (exact) mass is 345 g/mol. The summed E-state index contributed by atoms with van der Waals surface area (Å²) in [5.74, 6) is -0.0141. The average molecular weight is 345 g/mol. The zero-order valence-corrected chi connectivity index (χ0v) is 15.3. The van der Waals surface area contributed by atoms with Gasteiger partial charge in [0.15, 0.2) is 0 Å². The molecule has 1 heterocycles. The van der Waals surface area contributed by atoms with Crippen molar-refractivity contribution in [1.82, 2.24) is 10.2 Å². The molecule has 1 atom stereocenters. The van der Waals surface area contributed by atoms with E-state index in [4.69, 9.17) is 0 Å². The lowest BCUT2D eigenvalue weighted by Crippen LogP contribution is -2.51. The van der Waals surface area contributed by atoms with Crippen LogP contribution in [0.3, 0.4) is 0 Å². The fourth-order valence-electron chi connectivity index (χ4n) is 4.10. The molecule has 0 radical (unpaired) electrons. The third kappa shape index (κ3) is 5.19. The van der Waals surface area contributed by atoms with Crippen LogP contribution in [0.1, 0.15) is 39.0 Å². The number of carbonyl (C=O) groups is 1. The van der Waals surface area contributed by atoms with Crippen LogP contribution in [-0.2, 0) is 4.79 Å². The molecule has 1 aliphatic heterocycles. The fraction of sp³-hybridized carbons (Fsp3) is 0.650. The van der Waals surface area contributed by atoms with Crippen LogP contribution in [0.2, 0.25) is 0 Å². The fourth-order valence-corrected chi connectivity index (χ4v) is 4.10. The van der Waals surface area contributed by atoms with Crippen molar-refractivity contribution in [3.05, 3.63) is 30.3 Å². The molecule has 5 nitrogen and oxygen atoms in total. The number of hydrogen-bond donors (Lipinski definition) is 2. The number of hydrogen-bond acceptors (Lipinski definition) is 4. The van der Waals surface area contributed by atoms with E-state index in [1.54, 1.807) is 0 Å². The number of benzene rings is 1. The molecule has 0 bridgehead atoms. The Morgan fingerprint density at radius 2 is 1.80 bits per heavy atom. The van der Waals surface area contributed by atoms with E-state index < -0.39 is 5.60 Å². The first-order valence-electron chi connectivity index (χ1n) is 9.58. The maximum absolute atomic E-state index is 12.2. The van der Waals surface area contributed by atoms with Crippen molar-refractivity contribution in [2.24, 2.45) is 0 Å². The molecule has 1 saturated carbocycles. The summed E-state index contributed by atoms with van der Waals surface area (Å²) in [7, 11) is 0. The van der Waals surface area contributed by atoms with E-state index in [9.17, 15) is 9.90 Å². The Kier molecular flexibility index (Phi) is 5.97. The van der Waals surface area contributed by atoms with E-state index in [2.05, 4.69) is 46.3 Å². The van der Waals surface area contributed by atoms with E-state index in [1.165, 1.54) is 5.69 Å². The zero-order valence-electron chi connectivity index (χ0n) is 15.3. The van der Waals surface area contributed by atoms with E-state index >= 15 is 0 Å². The summed E-state index contributed by atoms with van der Waals surface area (Å²) in [5.41, 5.74) is 0.527. The van der Waals surface area contributed by atoms with Crippen molar-refractivity contribution < 1.29 is 9.90 Å². The summed E-state index contributed by atoms with van der Waals surface area (Å²) in [5, 5.41) is 13.4. The van der Waals surface area contributed by atoms with Crippen LogP contribution in [-0.4, -0.2) is 60.3 Å². The van der Waals surface area contributed by atoms with Gasteiger partial charge in [-0.3, -0.25) is 9.69 Å². The largest absolute Gasteiger partial charge is 0.389 e. The Morgan fingerprint density at radius 3 is 2.44 bits per heavy atom. The van der Waals surface area contributed by atoms with Crippen LogP contribution in [0.4, 0.5) is 5.69 Å². The summed E-state index contributed by atoms with van der Waals surface area (Å²) >= 11 is 0. The van der Waals surface area contributed by atoms with Crippen molar-refractivity contribution in [3.63, 3.8) is 0 Å². The van der Waals surface area contributed by atoms with Gasteiger partial charge in [0, 0.05) is 44.5 Å². The molecule has 0 aromatic heterocycles. The highest BCUT2D eigenvalue weighted by Crippen LogP contribution is 2.32. The Balaban J connectivity index is 1.39. The van der Waals surface area contributed by atoms with Gasteiger partial charge in [-0.2, -0.15) is 0 Å². The predicted octanol–water partition coefficient (Wildman–Crippen LogP) is 2.01. The third-order valence-electron chi connectivity index (χ3n) is 5.46. The zero-order chi connectivity index (χ0) is 17.7. The van der Waals surface area contributed by atoms with Gasteiger partial charge in [0.25, 0.3) is 0 Å². The molecule has 2 fully saturated rings. The number of carbonyl (C=O) groups excluding carboxylic acids is 1. The van der Waals surface area contributed by atoms with Crippen molar-refractivity contribution in [1.29, 1.82) is 0 Å². The van der Waals surface area contributed by atoms with E-state index in [-0.39, 0.29) is 18.4 Å². The lowest BCUT2D eigenvalue weighted by atomic mass is 9.97. The third-order valence-corrected chi connectivity index (χ3v) is 5.46. The second-order valence-corrected chi connectivity index (χ2v) is 7.70. The van der Waals surface area contributed by atoms with Gasteiger partial charge < -0.3 is 15.3 Å². The first-order valence-corrected chi connectivity index (χ1v) is 9.58. The number of anilines is 1. The first kappa shape index (κ1) is 18.2. The molecule has 1 saturated heterocycles. The molecule has 1 amide bonds. The molecule has 2 N–H and O–H groups in total. The van der Waals surface area contributed by atoms with Gasteiger partial charge in [0.05, 0.1) is 12.0 Å². The molecule has 1 aromatic rings. The van der Waals surface area contributed by atoms with Crippen LogP contribution in [0.15, 0.2) is 30.3 Å². The first-order chi connectivity index (χ1) is 12.0. The number of piperazine rings is 1. The van der Waals surface area contributed by atoms with Gasteiger partial charge in [0.2, 0.25) is 5.91 Å². The SMILES string of the molecule is CC(CN1CCN(c2ccccc2)CC1)NC(=O)CC1(O)CCCC1. The van der Waals surface area contributed by atoms with Crippen LogP contribution in [0.25, 0.3) is 0 Å². The second kappa shape index (κ2) is 8.19. The Bertz CT molecular complexity index is 549. The molecule has 138 valence electrons. The van der Waals surface area contributed by atoms with Crippen molar-refractivity contribution >= 4 is 11.6 Å². The normalized spacial score (nSPS) is 21.9. The quantitative estimate of drug-likeness (QED) is 0.828. The highest BCUT2D eigenvalue weighted by molar-refractivity contribution is 5.77. The highest BCUT2D eigenvalue weighted by atomic mass is 16.3. The lowest BCUT2D eigenvalue weighted by molar-refractivity contribution is -0.126. The number of nitrogens with one attached hydrogen (secondary N) is 1. The molecule has 25 heavy (non-hydrogen) atoms. The van der Waals surface area contributed by atoms with Crippen LogP contribution in [0.5, 0.6) is 0 Å². The molecule has 3 rings (SSSR count). The van der Waals surface area contributed by atoms with Crippen molar-refractivity contribution in [2.45, 2.75) is 50.7 Å². The summed E-state index contributed by atoms with van der Waals surface area (Å²) in [6.07, 6.45) is 3.83. The number of nitrogens with zero attached hydrogens (tertiary/aromatic N) is 2. The summed E-state index contributed by atoms with van der Waals surface area (Å²) < 4.78 is 0. The molecule has 5 heteroatoms. The number of para-hydroxylation sites is 1. The Morgan fingerprint density at radius 1 is 1.16 bits per heavy atom. The molecule has 2 aliphatic rings. The van der Waals surface area contributed by atoms with E-state index in [1.807, 2.05) is 6.07 Å². The number of rotatable bonds is 6. The maximum Gasteiger partial charge on any atom is 0.223 e. The maximum atomic E-state index is 12.2. The van der Waals surface area contributed by atoms with Gasteiger partial charge in [-0.25, -0.2) is 0 Å². The lowest BCUT2D eigenvalue weighted by Gasteiger charge is -2.37. The van der Waals surface area contributed by atoms with Crippen LogP contribution < -0.4 is 10.2 Å². The molecular weight excluding hydrogens is 314 g/mol. The Hall–Kier alpha value is -1.59. The number of amides is 1. The number of aliphatic hydroxyl groups is 1. The topological polar surface area (TPSA) is 55.8 Å². The Labute approximate surface area is 151 Å². The minimum atomic E-state index is -0.759. The van der Waals surface area contributed by atoms with E-state index in [0.717, 1.165) is 58.4 Å². The van der Waals surface area contributed by atoms with Crippen LogP contribution in [0, 0.1) is 0 Å². The van der Waals surface area contributed by atoms with Crippen molar-refractivity contribution in [2.75, 3.05) is 37.6 Å². The van der Waals surface area contributed by atoms with Crippen LogP contribution >= 0.6 is 0 Å². The average Bonchev–Trinajstić information content (AvgIpc) is 3.02. The molecule has 1 aromatic carbocycles. The summed E-state index contributed by atoms with van der Waals surface area (Å²) in [6.45, 7) is 6.99. The van der Waals surface area contributed by atoms with Gasteiger partial charge in [-0.05, 0) is 31.9 Å². The van der Waals surface area contributed by atoms with E-state index in [0.29, 0.717) is 0 Å². The molecular formula is C20H31N3O2. The minimum absolute atomic E-state index is 0.0141. The molecule has 0 spiro atoms. The predicted molar refractivity (Wildman–Crippen MR) is 101 cm³/mol. The van der Waals surface area contributed by atoms with Gasteiger partial charge in [-0.1, -0.05) is 31.0 Å². The van der Waals surface area contributed by atoms with Gasteiger partial charge >= 0.3 is 0 Å². The second-order valence-electron chi connectivity index (χ2n) is 7.70. The minimum Gasteiger partial charge on any atom is -0.389 e.